The zero-order valence-corrected chi connectivity index (χ0v) is 15.0. The van der Waals surface area contributed by atoms with Gasteiger partial charge in [-0.25, -0.2) is 0 Å². The van der Waals surface area contributed by atoms with E-state index in [0.717, 1.165) is 29.8 Å². The van der Waals surface area contributed by atoms with Gasteiger partial charge in [-0.15, -0.1) is 0 Å². The van der Waals surface area contributed by atoms with Crippen molar-refractivity contribution in [3.63, 3.8) is 0 Å². The lowest BCUT2D eigenvalue weighted by Gasteiger charge is -2.39. The van der Waals surface area contributed by atoms with Crippen LogP contribution in [0.1, 0.15) is 28.8 Å². The summed E-state index contributed by atoms with van der Waals surface area (Å²) in [5, 5.41) is 3.40. The molecule has 0 aromatic heterocycles. The smallest absolute Gasteiger partial charge is 0.256 e. The highest BCUT2D eigenvalue weighted by atomic mass is 16.5. The van der Waals surface area contributed by atoms with Gasteiger partial charge in [0.2, 0.25) is 0 Å². The maximum Gasteiger partial charge on any atom is 0.256 e. The lowest BCUT2D eigenvalue weighted by molar-refractivity contribution is -0.148. The number of amides is 1. The highest BCUT2D eigenvalue weighted by molar-refractivity contribution is 5.83. The summed E-state index contributed by atoms with van der Waals surface area (Å²) >= 11 is 0. The summed E-state index contributed by atoms with van der Waals surface area (Å²) in [4.78, 5) is 15.4. The van der Waals surface area contributed by atoms with E-state index in [4.69, 9.17) is 9.47 Å². The number of benzene rings is 2. The summed E-state index contributed by atoms with van der Waals surface area (Å²) in [5.74, 6) is 0.846. The molecule has 2 aromatic carbocycles. The van der Waals surface area contributed by atoms with Gasteiger partial charge in [0, 0.05) is 25.2 Å². The fourth-order valence-electron chi connectivity index (χ4n) is 3.94. The summed E-state index contributed by atoms with van der Waals surface area (Å²) in [6, 6.07) is 15.9. The van der Waals surface area contributed by atoms with Gasteiger partial charge < -0.3 is 19.7 Å². The zero-order valence-electron chi connectivity index (χ0n) is 15.0. The summed E-state index contributed by atoms with van der Waals surface area (Å²) in [6.07, 6.45) is 0.340. The van der Waals surface area contributed by atoms with Crippen LogP contribution >= 0.6 is 0 Å². The lowest BCUT2D eigenvalue weighted by atomic mass is 9.95. The van der Waals surface area contributed by atoms with E-state index in [2.05, 4.69) is 11.4 Å². The average Bonchev–Trinajstić information content (AvgIpc) is 2.73. The number of carbonyl (C=O) groups excluding carboxylic acids is 1. The number of piperazine rings is 1. The fraction of sp³-hybridized carbons (Fsp3) is 0.381. The van der Waals surface area contributed by atoms with Crippen molar-refractivity contribution in [2.75, 3.05) is 33.4 Å². The first-order valence-corrected chi connectivity index (χ1v) is 9.13. The molecule has 0 saturated carbocycles. The fourth-order valence-corrected chi connectivity index (χ4v) is 3.94. The molecule has 26 heavy (non-hydrogen) atoms. The maximum atomic E-state index is 13.4. The molecule has 0 spiro atoms. The summed E-state index contributed by atoms with van der Waals surface area (Å²) in [6.45, 7) is 2.73. The molecular weight excluding hydrogens is 328 g/mol. The summed E-state index contributed by atoms with van der Waals surface area (Å²) in [7, 11) is 1.67. The van der Waals surface area contributed by atoms with E-state index in [9.17, 15) is 4.79 Å². The molecule has 2 aliphatic rings. The van der Waals surface area contributed by atoms with Crippen molar-refractivity contribution in [2.24, 2.45) is 0 Å². The molecule has 4 rings (SSSR count). The third-order valence-corrected chi connectivity index (χ3v) is 5.24. The Balaban J connectivity index is 1.66. The van der Waals surface area contributed by atoms with Crippen LogP contribution in [0.4, 0.5) is 0 Å². The number of hydrogen-bond donors (Lipinski definition) is 1. The number of hydrogen-bond acceptors (Lipinski definition) is 4. The van der Waals surface area contributed by atoms with Gasteiger partial charge in [0.15, 0.2) is 6.10 Å². The molecule has 2 aromatic rings. The number of methoxy groups -OCH3 is 1. The van der Waals surface area contributed by atoms with Crippen LogP contribution in [-0.4, -0.2) is 44.2 Å². The van der Waals surface area contributed by atoms with Crippen molar-refractivity contribution >= 4 is 5.91 Å². The van der Waals surface area contributed by atoms with E-state index in [0.29, 0.717) is 19.7 Å². The first kappa shape index (κ1) is 17.1. The van der Waals surface area contributed by atoms with E-state index >= 15 is 0 Å². The number of rotatable bonds is 3. The van der Waals surface area contributed by atoms with Crippen LogP contribution in [0.3, 0.4) is 0 Å². The van der Waals surface area contributed by atoms with Crippen molar-refractivity contribution < 1.29 is 14.3 Å². The van der Waals surface area contributed by atoms with Crippen LogP contribution in [0.5, 0.6) is 5.75 Å². The molecule has 0 radical (unpaired) electrons. The van der Waals surface area contributed by atoms with Gasteiger partial charge in [-0.1, -0.05) is 42.5 Å². The van der Waals surface area contributed by atoms with Crippen LogP contribution in [0, 0.1) is 0 Å². The second-order valence-corrected chi connectivity index (χ2v) is 6.69. The van der Waals surface area contributed by atoms with Crippen LogP contribution in [0.2, 0.25) is 0 Å². The Morgan fingerprint density at radius 1 is 1.15 bits per heavy atom. The predicted octanol–water partition coefficient (Wildman–Crippen LogP) is 2.48. The van der Waals surface area contributed by atoms with E-state index in [1.165, 1.54) is 5.56 Å². The van der Waals surface area contributed by atoms with Gasteiger partial charge in [0.1, 0.15) is 5.75 Å². The van der Waals surface area contributed by atoms with Crippen molar-refractivity contribution in [1.82, 2.24) is 10.2 Å². The van der Waals surface area contributed by atoms with Gasteiger partial charge in [-0.3, -0.25) is 4.79 Å². The molecule has 136 valence electrons. The minimum Gasteiger partial charge on any atom is -0.496 e. The zero-order chi connectivity index (χ0) is 17.9. The Labute approximate surface area is 153 Å². The topological polar surface area (TPSA) is 50.8 Å². The van der Waals surface area contributed by atoms with Crippen LogP contribution < -0.4 is 10.1 Å². The van der Waals surface area contributed by atoms with Gasteiger partial charge in [0.05, 0.1) is 19.8 Å². The maximum absolute atomic E-state index is 13.4. The molecule has 2 unspecified atom stereocenters. The normalized spacial score (nSPS) is 22.6. The number of fused-ring (bicyclic) bond motifs is 1. The number of para-hydroxylation sites is 1. The monoisotopic (exact) mass is 352 g/mol. The molecule has 1 amide bonds. The molecule has 2 aliphatic heterocycles. The number of nitrogens with zero attached hydrogens (tertiary/aromatic N) is 1. The molecule has 5 nitrogen and oxygen atoms in total. The molecular formula is C21H24N2O3. The SMILES string of the molecule is COc1ccccc1C1CNCCN1C(=O)C1OCCc2ccccc21. The van der Waals surface area contributed by atoms with Crippen LogP contribution in [0.25, 0.3) is 0 Å². The van der Waals surface area contributed by atoms with Gasteiger partial charge >= 0.3 is 0 Å². The van der Waals surface area contributed by atoms with E-state index in [-0.39, 0.29) is 11.9 Å². The first-order valence-electron chi connectivity index (χ1n) is 9.13. The van der Waals surface area contributed by atoms with Gasteiger partial charge in [0.25, 0.3) is 5.91 Å². The van der Waals surface area contributed by atoms with Crippen molar-refractivity contribution in [1.29, 1.82) is 0 Å². The van der Waals surface area contributed by atoms with E-state index in [1.807, 2.05) is 47.4 Å². The minimum atomic E-state index is -0.518. The Morgan fingerprint density at radius 2 is 1.92 bits per heavy atom. The van der Waals surface area contributed by atoms with Gasteiger partial charge in [-0.2, -0.15) is 0 Å². The Morgan fingerprint density at radius 3 is 2.77 bits per heavy atom. The standard InChI is InChI=1S/C21H24N2O3/c1-25-19-9-5-4-8-17(19)18-14-22-11-12-23(18)21(24)20-16-7-3-2-6-15(16)10-13-26-20/h2-9,18,20,22H,10-14H2,1H3. The average molecular weight is 352 g/mol. The molecule has 1 saturated heterocycles. The van der Waals surface area contributed by atoms with Crippen molar-refractivity contribution in [2.45, 2.75) is 18.6 Å². The molecule has 1 fully saturated rings. The third-order valence-electron chi connectivity index (χ3n) is 5.24. The van der Waals surface area contributed by atoms with Crippen molar-refractivity contribution in [3.05, 3.63) is 65.2 Å². The largest absolute Gasteiger partial charge is 0.496 e. The number of nitrogens with one attached hydrogen (secondary N) is 1. The summed E-state index contributed by atoms with van der Waals surface area (Å²) < 4.78 is 11.4. The number of ether oxygens (including phenoxy) is 2. The Kier molecular flexibility index (Phi) is 4.91. The number of carbonyl (C=O) groups is 1. The van der Waals surface area contributed by atoms with Crippen LogP contribution in [-0.2, 0) is 16.0 Å². The first-order chi connectivity index (χ1) is 12.8. The predicted molar refractivity (Wildman–Crippen MR) is 99.2 cm³/mol. The molecule has 0 bridgehead atoms. The Bertz CT molecular complexity index is 792. The molecule has 2 atom stereocenters. The summed E-state index contributed by atoms with van der Waals surface area (Å²) in [5.41, 5.74) is 3.24. The molecule has 1 N–H and O–H groups in total. The van der Waals surface area contributed by atoms with E-state index in [1.54, 1.807) is 7.11 Å². The second-order valence-electron chi connectivity index (χ2n) is 6.69. The highest BCUT2D eigenvalue weighted by Crippen LogP contribution is 2.34. The third kappa shape index (κ3) is 3.08. The van der Waals surface area contributed by atoms with E-state index < -0.39 is 6.10 Å². The second kappa shape index (κ2) is 7.48. The van der Waals surface area contributed by atoms with Crippen LogP contribution in [0.15, 0.2) is 48.5 Å². The van der Waals surface area contributed by atoms with Gasteiger partial charge in [-0.05, 0) is 23.6 Å². The Hall–Kier alpha value is -2.37. The van der Waals surface area contributed by atoms with Crippen molar-refractivity contribution in [3.8, 4) is 5.75 Å². The highest BCUT2D eigenvalue weighted by Gasteiger charge is 2.36. The minimum absolute atomic E-state index is 0.0366. The lowest BCUT2D eigenvalue weighted by Crippen LogP contribution is -2.50. The quantitative estimate of drug-likeness (QED) is 0.922. The molecule has 0 aliphatic carbocycles. The molecule has 2 heterocycles. The molecule has 5 heteroatoms.